The highest BCUT2D eigenvalue weighted by molar-refractivity contribution is 5.95. The largest absolute Gasteiger partial charge is 0.342 e. The van der Waals surface area contributed by atoms with Gasteiger partial charge in [0.25, 0.3) is 5.91 Å². The highest BCUT2D eigenvalue weighted by atomic mass is 16.2. The van der Waals surface area contributed by atoms with E-state index in [2.05, 4.69) is 9.88 Å². The highest BCUT2D eigenvalue weighted by Gasteiger charge is 2.50. The Labute approximate surface area is 149 Å². The standard InChI is InChI=1S/C20H27N3O2/c1-2-17-12-16(6-9-21-17)18(24)23-11-8-20(14-23)7-3-10-22(19(20)25)13-15-4-5-15/h6,9,12,15H,2-5,7-8,10-11,13-14H2,1H3/t20-/m0/s1. The van der Waals surface area contributed by atoms with E-state index in [1.807, 2.05) is 17.9 Å². The molecule has 1 saturated carbocycles. The van der Waals surface area contributed by atoms with Crippen LogP contribution in [0.2, 0.25) is 0 Å². The van der Waals surface area contributed by atoms with Crippen molar-refractivity contribution < 1.29 is 9.59 Å². The predicted molar refractivity (Wildman–Crippen MR) is 95.1 cm³/mol. The Morgan fingerprint density at radius 1 is 1.32 bits per heavy atom. The molecule has 5 heteroatoms. The first-order valence-electron chi connectivity index (χ1n) is 9.65. The van der Waals surface area contributed by atoms with Crippen molar-refractivity contribution in [3.05, 3.63) is 29.6 Å². The molecule has 0 aromatic carbocycles. The van der Waals surface area contributed by atoms with Gasteiger partial charge in [0.1, 0.15) is 0 Å². The molecule has 0 radical (unpaired) electrons. The van der Waals surface area contributed by atoms with Crippen LogP contribution in [0.5, 0.6) is 0 Å². The normalized spacial score (nSPS) is 26.5. The Bertz CT molecular complexity index is 685. The molecule has 1 aromatic heterocycles. The molecule has 5 nitrogen and oxygen atoms in total. The molecular weight excluding hydrogens is 314 g/mol. The molecule has 1 aromatic rings. The summed E-state index contributed by atoms with van der Waals surface area (Å²) in [4.78, 5) is 34.2. The lowest BCUT2D eigenvalue weighted by atomic mass is 9.78. The van der Waals surface area contributed by atoms with Gasteiger partial charge in [0.05, 0.1) is 5.41 Å². The van der Waals surface area contributed by atoms with Gasteiger partial charge in [0.2, 0.25) is 5.91 Å². The molecule has 4 rings (SSSR count). The molecule has 134 valence electrons. The van der Waals surface area contributed by atoms with Crippen molar-refractivity contribution >= 4 is 11.8 Å². The number of nitrogens with zero attached hydrogens (tertiary/aromatic N) is 3. The number of piperidine rings is 1. The van der Waals surface area contributed by atoms with E-state index < -0.39 is 0 Å². The van der Waals surface area contributed by atoms with Crippen LogP contribution in [0, 0.1) is 11.3 Å². The molecular formula is C20H27N3O2. The van der Waals surface area contributed by atoms with Gasteiger partial charge in [-0.25, -0.2) is 0 Å². The average molecular weight is 341 g/mol. The molecule has 1 spiro atoms. The lowest BCUT2D eigenvalue weighted by molar-refractivity contribution is -0.145. The predicted octanol–water partition coefficient (Wildman–Crippen LogP) is 2.51. The van der Waals surface area contributed by atoms with E-state index >= 15 is 0 Å². The van der Waals surface area contributed by atoms with Gasteiger partial charge in [-0.1, -0.05) is 6.92 Å². The third-order valence-corrected chi connectivity index (χ3v) is 6.07. The van der Waals surface area contributed by atoms with Crippen LogP contribution in [0.1, 0.15) is 55.1 Å². The van der Waals surface area contributed by atoms with Crippen LogP contribution in [0.4, 0.5) is 0 Å². The summed E-state index contributed by atoms with van der Waals surface area (Å²) in [7, 11) is 0. The summed E-state index contributed by atoms with van der Waals surface area (Å²) < 4.78 is 0. The zero-order valence-corrected chi connectivity index (χ0v) is 15.0. The van der Waals surface area contributed by atoms with Crippen molar-refractivity contribution in [3.63, 3.8) is 0 Å². The van der Waals surface area contributed by atoms with E-state index in [4.69, 9.17) is 0 Å². The van der Waals surface area contributed by atoms with E-state index in [1.54, 1.807) is 12.3 Å². The number of pyridine rings is 1. The Morgan fingerprint density at radius 3 is 2.92 bits per heavy atom. The summed E-state index contributed by atoms with van der Waals surface area (Å²) in [6.07, 6.45) is 7.86. The molecule has 3 fully saturated rings. The molecule has 3 aliphatic rings. The van der Waals surface area contributed by atoms with E-state index in [0.717, 1.165) is 50.4 Å². The van der Waals surface area contributed by atoms with Gasteiger partial charge in [0.15, 0.2) is 0 Å². The van der Waals surface area contributed by atoms with Crippen LogP contribution < -0.4 is 0 Å². The topological polar surface area (TPSA) is 53.5 Å². The summed E-state index contributed by atoms with van der Waals surface area (Å²) in [5.41, 5.74) is 1.30. The number of carbonyl (C=O) groups is 2. The summed E-state index contributed by atoms with van der Waals surface area (Å²) in [5, 5.41) is 0. The lowest BCUT2D eigenvalue weighted by Crippen LogP contribution is -2.50. The number of carbonyl (C=O) groups excluding carboxylic acids is 2. The number of hydrogen-bond acceptors (Lipinski definition) is 3. The lowest BCUT2D eigenvalue weighted by Gasteiger charge is -2.39. The van der Waals surface area contributed by atoms with E-state index in [-0.39, 0.29) is 11.3 Å². The molecule has 0 unspecified atom stereocenters. The fourth-order valence-electron chi connectivity index (χ4n) is 4.35. The Balaban J connectivity index is 1.47. The van der Waals surface area contributed by atoms with Crippen molar-refractivity contribution in [1.82, 2.24) is 14.8 Å². The van der Waals surface area contributed by atoms with Crippen molar-refractivity contribution in [3.8, 4) is 0 Å². The minimum atomic E-state index is -0.330. The fourth-order valence-corrected chi connectivity index (χ4v) is 4.35. The maximum Gasteiger partial charge on any atom is 0.254 e. The van der Waals surface area contributed by atoms with Crippen LogP contribution in [-0.4, -0.2) is 52.8 Å². The molecule has 1 atom stereocenters. The second kappa shape index (κ2) is 6.43. The minimum absolute atomic E-state index is 0.0427. The van der Waals surface area contributed by atoms with Gasteiger partial charge in [-0.3, -0.25) is 14.6 Å². The van der Waals surface area contributed by atoms with E-state index in [0.29, 0.717) is 24.6 Å². The minimum Gasteiger partial charge on any atom is -0.342 e. The number of aryl methyl sites for hydroxylation is 1. The molecule has 0 N–H and O–H groups in total. The van der Waals surface area contributed by atoms with E-state index in [9.17, 15) is 9.59 Å². The smallest absolute Gasteiger partial charge is 0.254 e. The monoisotopic (exact) mass is 341 g/mol. The quantitative estimate of drug-likeness (QED) is 0.845. The van der Waals surface area contributed by atoms with Crippen LogP contribution in [0.3, 0.4) is 0 Å². The third kappa shape index (κ3) is 3.16. The maximum absolute atomic E-state index is 13.1. The highest BCUT2D eigenvalue weighted by Crippen LogP contribution is 2.42. The first-order valence-corrected chi connectivity index (χ1v) is 9.65. The summed E-state index contributed by atoms with van der Waals surface area (Å²) >= 11 is 0. The Morgan fingerprint density at radius 2 is 2.16 bits per heavy atom. The Kier molecular flexibility index (Phi) is 4.26. The maximum atomic E-state index is 13.1. The SMILES string of the molecule is CCc1cc(C(=O)N2CC[C@@]3(CCCN(CC4CC4)C3=O)C2)ccn1. The molecule has 25 heavy (non-hydrogen) atoms. The van der Waals surface area contributed by atoms with Crippen LogP contribution in [0.15, 0.2) is 18.3 Å². The molecule has 2 saturated heterocycles. The van der Waals surface area contributed by atoms with Gasteiger partial charge < -0.3 is 9.80 Å². The second-order valence-corrected chi connectivity index (χ2v) is 7.94. The molecule has 0 bridgehead atoms. The zero-order chi connectivity index (χ0) is 17.4. The van der Waals surface area contributed by atoms with E-state index in [1.165, 1.54) is 12.8 Å². The Hall–Kier alpha value is -1.91. The number of likely N-dealkylation sites (tertiary alicyclic amines) is 2. The van der Waals surface area contributed by atoms with Crippen molar-refractivity contribution in [1.29, 1.82) is 0 Å². The first kappa shape index (κ1) is 16.6. The van der Waals surface area contributed by atoms with Gasteiger partial charge in [-0.05, 0) is 56.6 Å². The van der Waals surface area contributed by atoms with Crippen molar-refractivity contribution in [2.45, 2.75) is 45.4 Å². The molecule has 2 amide bonds. The molecule has 3 heterocycles. The third-order valence-electron chi connectivity index (χ3n) is 6.07. The van der Waals surface area contributed by atoms with Gasteiger partial charge in [0, 0.05) is 43.6 Å². The number of amides is 2. The van der Waals surface area contributed by atoms with Crippen LogP contribution in [0.25, 0.3) is 0 Å². The van der Waals surface area contributed by atoms with Crippen molar-refractivity contribution in [2.75, 3.05) is 26.2 Å². The van der Waals surface area contributed by atoms with Crippen LogP contribution in [-0.2, 0) is 11.2 Å². The average Bonchev–Trinajstić information content (AvgIpc) is 3.36. The first-order chi connectivity index (χ1) is 12.1. The number of hydrogen-bond donors (Lipinski definition) is 0. The van der Waals surface area contributed by atoms with Gasteiger partial charge in [-0.15, -0.1) is 0 Å². The molecule has 2 aliphatic heterocycles. The van der Waals surface area contributed by atoms with Gasteiger partial charge >= 0.3 is 0 Å². The van der Waals surface area contributed by atoms with Gasteiger partial charge in [-0.2, -0.15) is 0 Å². The fraction of sp³-hybridized carbons (Fsp3) is 0.650. The summed E-state index contributed by atoms with van der Waals surface area (Å²) in [6.45, 7) is 5.13. The second-order valence-electron chi connectivity index (χ2n) is 7.94. The zero-order valence-electron chi connectivity index (χ0n) is 15.0. The summed E-state index contributed by atoms with van der Waals surface area (Å²) in [6, 6.07) is 3.67. The number of rotatable bonds is 4. The van der Waals surface area contributed by atoms with Crippen molar-refractivity contribution in [2.24, 2.45) is 11.3 Å². The van der Waals surface area contributed by atoms with Crippen LogP contribution >= 0.6 is 0 Å². The number of aromatic nitrogens is 1. The summed E-state index contributed by atoms with van der Waals surface area (Å²) in [5.74, 6) is 1.06. The molecule has 1 aliphatic carbocycles.